The molecule has 0 radical (unpaired) electrons. The first-order chi connectivity index (χ1) is 7.27. The SMILES string of the molecule is CC(C)(C)OCC(=O)NC(C)(CN)C1CC1. The minimum Gasteiger partial charge on any atom is -0.366 e. The van der Waals surface area contributed by atoms with E-state index in [1.807, 2.05) is 27.7 Å². The van der Waals surface area contributed by atoms with Crippen LogP contribution in [-0.4, -0.2) is 30.2 Å². The Labute approximate surface area is 97.9 Å². The van der Waals surface area contributed by atoms with E-state index in [0.717, 1.165) is 12.8 Å². The van der Waals surface area contributed by atoms with E-state index >= 15 is 0 Å². The Balaban J connectivity index is 2.38. The fourth-order valence-electron chi connectivity index (χ4n) is 1.68. The second-order valence-electron chi connectivity index (χ2n) is 5.85. The Kier molecular flexibility index (Phi) is 3.97. The molecule has 16 heavy (non-hydrogen) atoms. The second kappa shape index (κ2) is 4.72. The van der Waals surface area contributed by atoms with Crippen LogP contribution in [0.3, 0.4) is 0 Å². The summed E-state index contributed by atoms with van der Waals surface area (Å²) < 4.78 is 5.43. The van der Waals surface area contributed by atoms with Gasteiger partial charge in [-0.3, -0.25) is 4.79 Å². The molecule has 4 nitrogen and oxygen atoms in total. The third kappa shape index (κ3) is 4.10. The first-order valence-corrected chi connectivity index (χ1v) is 5.92. The van der Waals surface area contributed by atoms with Gasteiger partial charge >= 0.3 is 0 Å². The van der Waals surface area contributed by atoms with Crippen LogP contribution in [-0.2, 0) is 9.53 Å². The van der Waals surface area contributed by atoms with Gasteiger partial charge in [0.1, 0.15) is 6.61 Å². The van der Waals surface area contributed by atoms with E-state index in [0.29, 0.717) is 12.5 Å². The molecule has 0 aromatic heterocycles. The zero-order valence-corrected chi connectivity index (χ0v) is 10.8. The van der Waals surface area contributed by atoms with Crippen molar-refractivity contribution in [3.8, 4) is 0 Å². The number of hydrogen-bond donors (Lipinski definition) is 2. The zero-order valence-electron chi connectivity index (χ0n) is 10.8. The van der Waals surface area contributed by atoms with Crippen LogP contribution in [0.1, 0.15) is 40.5 Å². The molecule has 0 saturated heterocycles. The molecule has 0 spiro atoms. The highest BCUT2D eigenvalue weighted by Gasteiger charge is 2.41. The highest BCUT2D eigenvalue weighted by atomic mass is 16.5. The van der Waals surface area contributed by atoms with Crippen molar-refractivity contribution in [3.05, 3.63) is 0 Å². The summed E-state index contributed by atoms with van der Waals surface area (Å²) in [6.45, 7) is 8.40. The fourth-order valence-corrected chi connectivity index (χ4v) is 1.68. The van der Waals surface area contributed by atoms with Gasteiger partial charge in [0.2, 0.25) is 5.91 Å². The van der Waals surface area contributed by atoms with Gasteiger partial charge in [-0.2, -0.15) is 0 Å². The first-order valence-electron chi connectivity index (χ1n) is 5.92. The second-order valence-corrected chi connectivity index (χ2v) is 5.85. The number of nitrogens with one attached hydrogen (secondary N) is 1. The summed E-state index contributed by atoms with van der Waals surface area (Å²) in [4.78, 5) is 11.7. The summed E-state index contributed by atoms with van der Waals surface area (Å²) in [6.07, 6.45) is 2.32. The highest BCUT2D eigenvalue weighted by Crippen LogP contribution is 2.38. The molecule has 94 valence electrons. The van der Waals surface area contributed by atoms with Gasteiger partial charge in [-0.05, 0) is 46.5 Å². The minimum absolute atomic E-state index is 0.0743. The highest BCUT2D eigenvalue weighted by molar-refractivity contribution is 5.78. The molecule has 1 aliphatic carbocycles. The molecule has 1 rings (SSSR count). The van der Waals surface area contributed by atoms with Crippen LogP contribution >= 0.6 is 0 Å². The molecule has 0 heterocycles. The van der Waals surface area contributed by atoms with Crippen LogP contribution in [0.4, 0.5) is 0 Å². The largest absolute Gasteiger partial charge is 0.366 e. The maximum atomic E-state index is 11.7. The van der Waals surface area contributed by atoms with Gasteiger partial charge in [0.05, 0.1) is 11.1 Å². The topological polar surface area (TPSA) is 64.3 Å². The van der Waals surface area contributed by atoms with Crippen molar-refractivity contribution >= 4 is 5.91 Å². The molecule has 1 fully saturated rings. The molecule has 1 atom stereocenters. The summed E-state index contributed by atoms with van der Waals surface area (Å²) in [5, 5.41) is 2.99. The molecule has 0 bridgehead atoms. The van der Waals surface area contributed by atoms with Crippen molar-refractivity contribution in [3.63, 3.8) is 0 Å². The van der Waals surface area contributed by atoms with Gasteiger partial charge in [-0.15, -0.1) is 0 Å². The van der Waals surface area contributed by atoms with E-state index < -0.39 is 0 Å². The molecule has 0 aromatic rings. The quantitative estimate of drug-likeness (QED) is 0.739. The predicted molar refractivity (Wildman–Crippen MR) is 64.0 cm³/mol. The van der Waals surface area contributed by atoms with E-state index in [1.54, 1.807) is 0 Å². The Morgan fingerprint density at radius 2 is 1.94 bits per heavy atom. The number of carbonyl (C=O) groups excluding carboxylic acids is 1. The lowest BCUT2D eigenvalue weighted by Gasteiger charge is -2.30. The van der Waals surface area contributed by atoms with Gasteiger partial charge < -0.3 is 15.8 Å². The Bertz CT molecular complexity index is 256. The molecule has 4 heteroatoms. The van der Waals surface area contributed by atoms with Crippen molar-refractivity contribution < 1.29 is 9.53 Å². The van der Waals surface area contributed by atoms with Crippen molar-refractivity contribution in [1.82, 2.24) is 5.32 Å². The van der Waals surface area contributed by atoms with E-state index in [-0.39, 0.29) is 23.7 Å². The molecule has 0 aromatic carbocycles. The lowest BCUT2D eigenvalue weighted by molar-refractivity contribution is -0.132. The smallest absolute Gasteiger partial charge is 0.246 e. The summed E-state index contributed by atoms with van der Waals surface area (Å²) >= 11 is 0. The predicted octanol–water partition coefficient (Wildman–Crippen LogP) is 1.05. The van der Waals surface area contributed by atoms with E-state index in [4.69, 9.17) is 10.5 Å². The van der Waals surface area contributed by atoms with Gasteiger partial charge in [0, 0.05) is 6.54 Å². The van der Waals surface area contributed by atoms with E-state index in [2.05, 4.69) is 5.32 Å². The molecule has 1 saturated carbocycles. The number of ether oxygens (including phenoxy) is 1. The van der Waals surface area contributed by atoms with Gasteiger partial charge in [-0.1, -0.05) is 0 Å². The molecule has 3 N–H and O–H groups in total. The van der Waals surface area contributed by atoms with Crippen molar-refractivity contribution in [2.45, 2.75) is 51.7 Å². The molecular weight excluding hydrogens is 204 g/mol. The number of rotatable bonds is 5. The molecule has 1 unspecified atom stereocenters. The average Bonchev–Trinajstić information content (AvgIpc) is 2.96. The number of nitrogens with two attached hydrogens (primary N) is 1. The monoisotopic (exact) mass is 228 g/mol. The van der Waals surface area contributed by atoms with E-state index in [1.165, 1.54) is 0 Å². The summed E-state index contributed by atoms with van der Waals surface area (Å²) in [7, 11) is 0. The Hall–Kier alpha value is -0.610. The molecule has 0 aliphatic heterocycles. The minimum atomic E-state index is -0.282. The van der Waals surface area contributed by atoms with Crippen LogP contribution in [0.25, 0.3) is 0 Å². The van der Waals surface area contributed by atoms with Crippen LogP contribution in [0.15, 0.2) is 0 Å². The number of amides is 1. The maximum absolute atomic E-state index is 11.7. The number of carbonyl (C=O) groups is 1. The number of hydrogen-bond acceptors (Lipinski definition) is 3. The lowest BCUT2D eigenvalue weighted by atomic mass is 9.96. The van der Waals surface area contributed by atoms with E-state index in [9.17, 15) is 4.79 Å². The Morgan fingerprint density at radius 1 is 1.38 bits per heavy atom. The first kappa shape index (κ1) is 13.5. The van der Waals surface area contributed by atoms with Crippen LogP contribution < -0.4 is 11.1 Å². The van der Waals surface area contributed by atoms with Crippen LogP contribution in [0.5, 0.6) is 0 Å². The van der Waals surface area contributed by atoms with Crippen LogP contribution in [0.2, 0.25) is 0 Å². The van der Waals surface area contributed by atoms with Gasteiger partial charge in [-0.25, -0.2) is 0 Å². The summed E-state index contributed by atoms with van der Waals surface area (Å²) in [6, 6.07) is 0. The van der Waals surface area contributed by atoms with Crippen LogP contribution in [0, 0.1) is 5.92 Å². The average molecular weight is 228 g/mol. The Morgan fingerprint density at radius 3 is 2.31 bits per heavy atom. The summed E-state index contributed by atoms with van der Waals surface area (Å²) in [5.74, 6) is 0.464. The maximum Gasteiger partial charge on any atom is 0.246 e. The van der Waals surface area contributed by atoms with Gasteiger partial charge in [0.25, 0.3) is 0 Å². The fraction of sp³-hybridized carbons (Fsp3) is 0.917. The third-order valence-corrected chi connectivity index (χ3v) is 2.96. The molecule has 1 aliphatic rings. The summed E-state index contributed by atoms with van der Waals surface area (Å²) in [5.41, 5.74) is 5.19. The lowest BCUT2D eigenvalue weighted by Crippen LogP contribution is -2.54. The normalized spacial score (nSPS) is 20.3. The van der Waals surface area contributed by atoms with Crippen molar-refractivity contribution in [2.24, 2.45) is 11.7 Å². The molecular formula is C12H24N2O2. The standard InChI is InChI=1S/C12H24N2O2/c1-11(2,3)16-7-10(15)14-12(4,8-13)9-5-6-9/h9H,5-8,13H2,1-4H3,(H,14,15). The molecule has 1 amide bonds. The van der Waals surface area contributed by atoms with Crippen molar-refractivity contribution in [2.75, 3.05) is 13.2 Å². The van der Waals surface area contributed by atoms with Gasteiger partial charge in [0.15, 0.2) is 0 Å². The zero-order chi connectivity index (χ0) is 12.4. The third-order valence-electron chi connectivity index (χ3n) is 2.96. The van der Waals surface area contributed by atoms with Crippen molar-refractivity contribution in [1.29, 1.82) is 0 Å².